The van der Waals surface area contributed by atoms with Gasteiger partial charge in [0.1, 0.15) is 5.82 Å². The van der Waals surface area contributed by atoms with E-state index in [9.17, 15) is 9.18 Å². The van der Waals surface area contributed by atoms with Gasteiger partial charge in [-0.3, -0.25) is 4.79 Å². The van der Waals surface area contributed by atoms with E-state index < -0.39 is 5.82 Å². The van der Waals surface area contributed by atoms with Crippen molar-refractivity contribution in [2.45, 2.75) is 6.54 Å². The van der Waals surface area contributed by atoms with Gasteiger partial charge in [-0.25, -0.2) is 4.39 Å². The van der Waals surface area contributed by atoms with E-state index in [1.54, 1.807) is 37.4 Å². The van der Waals surface area contributed by atoms with Gasteiger partial charge in [0.2, 0.25) is 5.82 Å². The van der Waals surface area contributed by atoms with Crippen LogP contribution in [0.15, 0.2) is 42.5 Å². The van der Waals surface area contributed by atoms with Crippen LogP contribution in [-0.4, -0.2) is 26.1 Å². The molecule has 1 amide bonds. The van der Waals surface area contributed by atoms with Gasteiger partial charge in [0.05, 0.1) is 12.1 Å². The van der Waals surface area contributed by atoms with Crippen LogP contribution in [0.25, 0.3) is 11.4 Å². The predicted octanol–water partition coefficient (Wildman–Crippen LogP) is 2.60. The summed E-state index contributed by atoms with van der Waals surface area (Å²) in [6.07, 6.45) is 0. The number of amides is 1. The molecule has 2 aromatic carbocycles. The van der Waals surface area contributed by atoms with Gasteiger partial charge in [0.15, 0.2) is 0 Å². The number of carbonyl (C=O) groups excluding carboxylic acids is 1. The Labute approximate surface area is 142 Å². The zero-order valence-electron chi connectivity index (χ0n) is 12.7. The van der Waals surface area contributed by atoms with Crippen LogP contribution in [0.5, 0.6) is 0 Å². The summed E-state index contributed by atoms with van der Waals surface area (Å²) < 4.78 is 13.1. The highest BCUT2D eigenvalue weighted by Crippen LogP contribution is 2.17. The molecule has 0 spiro atoms. The van der Waals surface area contributed by atoms with Gasteiger partial charge in [0, 0.05) is 17.7 Å². The van der Waals surface area contributed by atoms with Crippen LogP contribution in [0.4, 0.5) is 4.39 Å². The lowest BCUT2D eigenvalue weighted by Gasteiger charge is -2.06. The normalized spacial score (nSPS) is 10.6. The summed E-state index contributed by atoms with van der Waals surface area (Å²) in [5.74, 6) is -0.237. The minimum absolute atomic E-state index is 0.0302. The third-order valence-corrected chi connectivity index (χ3v) is 3.64. The fourth-order valence-electron chi connectivity index (χ4n) is 2.10. The van der Waals surface area contributed by atoms with E-state index in [1.165, 1.54) is 16.9 Å². The average Bonchev–Trinajstić information content (AvgIpc) is 3.02. The number of halogens is 2. The van der Waals surface area contributed by atoms with Gasteiger partial charge in [-0.2, -0.15) is 4.80 Å². The summed E-state index contributed by atoms with van der Waals surface area (Å²) in [5, 5.41) is 14.6. The SMILES string of the molecule is Cn1nnc(-c2ccc(C(=O)NCc3ccc(F)c(Cl)c3)cc2)n1. The minimum Gasteiger partial charge on any atom is -0.348 e. The molecule has 122 valence electrons. The molecule has 3 rings (SSSR count). The third-order valence-electron chi connectivity index (χ3n) is 3.35. The fraction of sp³-hybridized carbons (Fsp3) is 0.125. The quantitative estimate of drug-likeness (QED) is 0.789. The van der Waals surface area contributed by atoms with Gasteiger partial charge in [-0.15, -0.1) is 10.2 Å². The number of tetrazole rings is 1. The lowest BCUT2D eigenvalue weighted by molar-refractivity contribution is 0.0951. The van der Waals surface area contributed by atoms with Gasteiger partial charge < -0.3 is 5.32 Å². The van der Waals surface area contributed by atoms with Gasteiger partial charge >= 0.3 is 0 Å². The van der Waals surface area contributed by atoms with Crippen molar-refractivity contribution in [2.24, 2.45) is 7.05 Å². The molecule has 0 saturated heterocycles. The largest absolute Gasteiger partial charge is 0.348 e. The summed E-state index contributed by atoms with van der Waals surface area (Å²) in [7, 11) is 1.68. The Bertz CT molecular complexity index is 878. The second-order valence-corrected chi connectivity index (χ2v) is 5.52. The van der Waals surface area contributed by atoms with E-state index in [1.807, 2.05) is 0 Å². The van der Waals surface area contributed by atoms with Crippen molar-refractivity contribution in [1.82, 2.24) is 25.5 Å². The molecule has 3 aromatic rings. The molecule has 1 N–H and O–H groups in total. The molecule has 1 heterocycles. The standard InChI is InChI=1S/C16H13ClFN5O/c1-23-21-15(20-22-23)11-3-5-12(6-4-11)16(24)19-9-10-2-7-14(18)13(17)8-10/h2-8H,9H2,1H3,(H,19,24). The molecular weight excluding hydrogens is 333 g/mol. The van der Waals surface area contributed by atoms with Crippen molar-refractivity contribution < 1.29 is 9.18 Å². The maximum Gasteiger partial charge on any atom is 0.251 e. The monoisotopic (exact) mass is 345 g/mol. The lowest BCUT2D eigenvalue weighted by Crippen LogP contribution is -2.22. The summed E-state index contributed by atoms with van der Waals surface area (Å²) in [6, 6.07) is 11.2. The fourth-order valence-corrected chi connectivity index (χ4v) is 2.31. The third kappa shape index (κ3) is 3.57. The molecule has 0 unspecified atom stereocenters. The molecule has 1 aromatic heterocycles. The number of benzene rings is 2. The minimum atomic E-state index is -0.486. The summed E-state index contributed by atoms with van der Waals surface area (Å²) >= 11 is 5.72. The molecule has 0 radical (unpaired) electrons. The maximum atomic E-state index is 13.1. The van der Waals surface area contributed by atoms with Crippen molar-refractivity contribution in [3.63, 3.8) is 0 Å². The Balaban J connectivity index is 1.65. The molecule has 0 bridgehead atoms. The van der Waals surface area contributed by atoms with E-state index in [4.69, 9.17) is 11.6 Å². The van der Waals surface area contributed by atoms with Crippen molar-refractivity contribution in [2.75, 3.05) is 0 Å². The summed E-state index contributed by atoms with van der Waals surface area (Å²) in [5.41, 5.74) is 1.98. The molecular formula is C16H13ClFN5O. The first-order valence-corrected chi connectivity index (χ1v) is 7.47. The van der Waals surface area contributed by atoms with Crippen LogP contribution >= 0.6 is 11.6 Å². The number of aryl methyl sites for hydroxylation is 1. The molecule has 0 atom stereocenters. The van der Waals surface area contributed by atoms with E-state index >= 15 is 0 Å². The summed E-state index contributed by atoms with van der Waals surface area (Å²) in [4.78, 5) is 13.5. The van der Waals surface area contributed by atoms with E-state index in [0.717, 1.165) is 11.1 Å². The first-order valence-electron chi connectivity index (χ1n) is 7.09. The Morgan fingerprint density at radius 3 is 2.62 bits per heavy atom. The number of hydrogen-bond donors (Lipinski definition) is 1. The first kappa shape index (κ1) is 16.1. The Morgan fingerprint density at radius 1 is 1.25 bits per heavy atom. The van der Waals surface area contributed by atoms with Gasteiger partial charge in [-0.1, -0.05) is 29.8 Å². The van der Waals surface area contributed by atoms with Crippen molar-refractivity contribution in [3.05, 3.63) is 64.4 Å². The maximum absolute atomic E-state index is 13.1. The predicted molar refractivity (Wildman–Crippen MR) is 86.8 cm³/mol. The second-order valence-electron chi connectivity index (χ2n) is 5.11. The number of nitrogens with one attached hydrogen (secondary N) is 1. The highest BCUT2D eigenvalue weighted by Gasteiger charge is 2.09. The average molecular weight is 346 g/mol. The molecule has 0 aliphatic carbocycles. The highest BCUT2D eigenvalue weighted by molar-refractivity contribution is 6.30. The van der Waals surface area contributed by atoms with Crippen LogP contribution in [0.2, 0.25) is 5.02 Å². The molecule has 0 aliphatic heterocycles. The van der Waals surface area contributed by atoms with Crippen LogP contribution in [0.1, 0.15) is 15.9 Å². The molecule has 8 heteroatoms. The van der Waals surface area contributed by atoms with Crippen LogP contribution in [0.3, 0.4) is 0 Å². The molecule has 0 aliphatic rings. The van der Waals surface area contributed by atoms with E-state index in [2.05, 4.69) is 20.7 Å². The first-order chi connectivity index (χ1) is 11.5. The van der Waals surface area contributed by atoms with Crippen molar-refractivity contribution in [1.29, 1.82) is 0 Å². The zero-order valence-corrected chi connectivity index (χ0v) is 13.5. The van der Waals surface area contributed by atoms with Gasteiger partial charge in [-0.05, 0) is 35.0 Å². The van der Waals surface area contributed by atoms with Crippen LogP contribution in [0, 0.1) is 5.82 Å². The topological polar surface area (TPSA) is 72.7 Å². The highest BCUT2D eigenvalue weighted by atomic mass is 35.5. The molecule has 0 fully saturated rings. The van der Waals surface area contributed by atoms with Gasteiger partial charge in [0.25, 0.3) is 5.91 Å². The van der Waals surface area contributed by atoms with E-state index in [-0.39, 0.29) is 17.5 Å². The number of carbonyl (C=O) groups is 1. The second kappa shape index (κ2) is 6.76. The Morgan fingerprint density at radius 2 is 2.00 bits per heavy atom. The number of rotatable bonds is 4. The number of aromatic nitrogens is 4. The molecule has 6 nitrogen and oxygen atoms in total. The van der Waals surface area contributed by atoms with Crippen LogP contribution in [-0.2, 0) is 13.6 Å². The Kier molecular flexibility index (Phi) is 4.52. The van der Waals surface area contributed by atoms with Crippen molar-refractivity contribution in [3.8, 4) is 11.4 Å². The molecule has 0 saturated carbocycles. The number of hydrogen-bond acceptors (Lipinski definition) is 4. The van der Waals surface area contributed by atoms with Crippen molar-refractivity contribution >= 4 is 17.5 Å². The summed E-state index contributed by atoms with van der Waals surface area (Å²) in [6.45, 7) is 0.256. The Hall–Kier alpha value is -2.80. The lowest BCUT2D eigenvalue weighted by atomic mass is 10.1. The molecule has 24 heavy (non-hydrogen) atoms. The smallest absolute Gasteiger partial charge is 0.251 e. The van der Waals surface area contributed by atoms with E-state index in [0.29, 0.717) is 11.4 Å². The zero-order chi connectivity index (χ0) is 17.1. The van der Waals surface area contributed by atoms with Crippen LogP contribution < -0.4 is 5.32 Å². The number of nitrogens with zero attached hydrogens (tertiary/aromatic N) is 4.